The lowest BCUT2D eigenvalue weighted by Gasteiger charge is -2.25. The third kappa shape index (κ3) is 3.96. The topological polar surface area (TPSA) is 110 Å². The molecule has 1 aliphatic heterocycles. The molecule has 1 atom stereocenters. The van der Waals surface area contributed by atoms with Crippen LogP contribution in [-0.2, 0) is 15.2 Å². The van der Waals surface area contributed by atoms with Crippen LogP contribution in [0.3, 0.4) is 0 Å². The van der Waals surface area contributed by atoms with Crippen molar-refractivity contribution in [2.45, 2.75) is 5.60 Å². The minimum atomic E-state index is -1.59. The van der Waals surface area contributed by atoms with E-state index in [1.807, 2.05) is 0 Å². The van der Waals surface area contributed by atoms with Gasteiger partial charge in [0.2, 0.25) is 0 Å². The molecule has 150 valence electrons. The molecule has 0 saturated carbocycles. The quantitative estimate of drug-likeness (QED) is 0.552. The minimum absolute atomic E-state index is 0.232. The fourth-order valence-electron chi connectivity index (χ4n) is 2.94. The Bertz CT molecular complexity index is 966. The maximum absolute atomic E-state index is 12.3. The first-order valence-electron chi connectivity index (χ1n) is 8.84. The van der Waals surface area contributed by atoms with E-state index in [0.717, 1.165) is 0 Å². The molecule has 0 radical (unpaired) electrons. The molecule has 0 aliphatic carbocycles. The number of carbonyl (C=O) groups excluding carboxylic acids is 2. The van der Waals surface area contributed by atoms with Crippen LogP contribution in [0.5, 0.6) is 11.5 Å². The smallest absolute Gasteiger partial charge is 0.313 e. The third-order valence-electron chi connectivity index (χ3n) is 4.44. The molecule has 3 aromatic rings. The summed E-state index contributed by atoms with van der Waals surface area (Å²) in [6.07, 6.45) is 1.43. The molecule has 9 heteroatoms. The van der Waals surface area contributed by atoms with Crippen molar-refractivity contribution in [3.05, 3.63) is 64.7 Å². The highest BCUT2D eigenvalue weighted by Gasteiger charge is 2.36. The highest BCUT2D eigenvalue weighted by molar-refractivity contribution is 7.08. The van der Waals surface area contributed by atoms with E-state index >= 15 is 0 Å². The highest BCUT2D eigenvalue weighted by atomic mass is 32.1. The SMILES string of the molecule is O=C(NC[C@](O)(c1ccsc1)c1ccco1)C(=O)Nc1ccc2c(c1)OCCO2. The Morgan fingerprint density at radius 3 is 2.66 bits per heavy atom. The number of nitrogens with one attached hydrogen (secondary N) is 2. The van der Waals surface area contributed by atoms with Crippen molar-refractivity contribution in [2.24, 2.45) is 0 Å². The number of hydrogen-bond donors (Lipinski definition) is 3. The number of amides is 2. The number of furan rings is 1. The Labute approximate surface area is 170 Å². The molecule has 0 saturated heterocycles. The molecule has 8 nitrogen and oxygen atoms in total. The second-order valence-corrected chi connectivity index (χ2v) is 7.12. The maximum Gasteiger partial charge on any atom is 0.313 e. The molecule has 3 heterocycles. The van der Waals surface area contributed by atoms with Crippen LogP contribution in [0.4, 0.5) is 5.69 Å². The first-order chi connectivity index (χ1) is 14.1. The second-order valence-electron chi connectivity index (χ2n) is 6.34. The van der Waals surface area contributed by atoms with Crippen LogP contribution in [0.15, 0.2) is 57.8 Å². The van der Waals surface area contributed by atoms with Gasteiger partial charge in [-0.2, -0.15) is 11.3 Å². The molecular weight excluding hydrogens is 396 g/mol. The molecule has 1 aliphatic rings. The summed E-state index contributed by atoms with van der Waals surface area (Å²) in [6, 6.07) is 9.85. The average Bonchev–Trinajstić information content (AvgIpc) is 3.46. The van der Waals surface area contributed by atoms with Crippen LogP contribution in [0.25, 0.3) is 0 Å². The Morgan fingerprint density at radius 1 is 1.10 bits per heavy atom. The maximum atomic E-state index is 12.3. The number of aliphatic hydroxyl groups is 1. The molecule has 29 heavy (non-hydrogen) atoms. The van der Waals surface area contributed by atoms with Crippen LogP contribution >= 0.6 is 11.3 Å². The van der Waals surface area contributed by atoms with E-state index in [2.05, 4.69) is 10.6 Å². The van der Waals surface area contributed by atoms with Crippen LogP contribution in [0.2, 0.25) is 0 Å². The largest absolute Gasteiger partial charge is 0.486 e. The average molecular weight is 414 g/mol. The Hall–Kier alpha value is -3.30. The van der Waals surface area contributed by atoms with E-state index in [1.54, 1.807) is 47.2 Å². The fourth-order valence-corrected chi connectivity index (χ4v) is 3.67. The van der Waals surface area contributed by atoms with Gasteiger partial charge in [-0.3, -0.25) is 9.59 Å². The summed E-state index contributed by atoms with van der Waals surface area (Å²) in [6.45, 7) is 0.646. The van der Waals surface area contributed by atoms with E-state index in [4.69, 9.17) is 13.9 Å². The summed E-state index contributed by atoms with van der Waals surface area (Å²) in [5, 5.41) is 19.7. The van der Waals surface area contributed by atoms with Gasteiger partial charge in [0.05, 0.1) is 12.8 Å². The molecule has 3 N–H and O–H groups in total. The number of anilines is 1. The fraction of sp³-hybridized carbons (Fsp3) is 0.200. The Kier molecular flexibility index (Phi) is 5.24. The molecule has 0 spiro atoms. The number of fused-ring (bicyclic) bond motifs is 1. The lowest BCUT2D eigenvalue weighted by Crippen LogP contribution is -2.45. The van der Waals surface area contributed by atoms with Crippen molar-refractivity contribution >= 4 is 28.8 Å². The second kappa shape index (κ2) is 7.98. The van der Waals surface area contributed by atoms with Crippen molar-refractivity contribution in [3.63, 3.8) is 0 Å². The summed E-state index contributed by atoms with van der Waals surface area (Å²) in [5.74, 6) is -0.408. The molecular formula is C20H18N2O6S. The molecule has 1 aromatic carbocycles. The summed E-state index contributed by atoms with van der Waals surface area (Å²) in [4.78, 5) is 24.6. The predicted molar refractivity (Wildman–Crippen MR) is 105 cm³/mol. The van der Waals surface area contributed by atoms with Crippen LogP contribution < -0.4 is 20.1 Å². The van der Waals surface area contributed by atoms with Gasteiger partial charge in [0.1, 0.15) is 19.0 Å². The van der Waals surface area contributed by atoms with E-state index in [0.29, 0.717) is 36.0 Å². The van der Waals surface area contributed by atoms with Gasteiger partial charge in [-0.25, -0.2) is 0 Å². The third-order valence-corrected chi connectivity index (χ3v) is 5.12. The van der Waals surface area contributed by atoms with E-state index in [-0.39, 0.29) is 12.3 Å². The monoisotopic (exact) mass is 414 g/mol. The first kappa shape index (κ1) is 19.0. The number of hydrogen-bond acceptors (Lipinski definition) is 7. The van der Waals surface area contributed by atoms with Crippen LogP contribution in [-0.4, -0.2) is 36.7 Å². The minimum Gasteiger partial charge on any atom is -0.486 e. The zero-order valence-corrected chi connectivity index (χ0v) is 16.0. The van der Waals surface area contributed by atoms with Gasteiger partial charge < -0.3 is 29.6 Å². The van der Waals surface area contributed by atoms with Crippen molar-refractivity contribution in [1.29, 1.82) is 0 Å². The first-order valence-corrected chi connectivity index (χ1v) is 9.78. The van der Waals surface area contributed by atoms with Gasteiger partial charge >= 0.3 is 11.8 Å². The lowest BCUT2D eigenvalue weighted by atomic mass is 9.93. The van der Waals surface area contributed by atoms with E-state index in [9.17, 15) is 14.7 Å². The van der Waals surface area contributed by atoms with Gasteiger partial charge in [0.15, 0.2) is 17.1 Å². The summed E-state index contributed by atoms with van der Waals surface area (Å²) >= 11 is 1.40. The van der Waals surface area contributed by atoms with E-state index in [1.165, 1.54) is 17.6 Å². The van der Waals surface area contributed by atoms with Gasteiger partial charge in [-0.15, -0.1) is 0 Å². The number of ether oxygens (including phenoxy) is 2. The molecule has 0 unspecified atom stereocenters. The predicted octanol–water partition coefficient (Wildman–Crippen LogP) is 2.10. The molecule has 0 bridgehead atoms. The summed E-state index contributed by atoms with van der Waals surface area (Å²) in [7, 11) is 0. The van der Waals surface area contributed by atoms with Gasteiger partial charge in [0, 0.05) is 17.3 Å². The number of rotatable bonds is 5. The number of benzene rings is 1. The van der Waals surface area contributed by atoms with Crippen LogP contribution in [0.1, 0.15) is 11.3 Å². The standard InChI is InChI=1S/C20H18N2O6S/c23-18(19(24)22-14-3-4-15-16(10-14)27-8-7-26-15)21-12-20(25,13-5-9-29-11-13)17-2-1-6-28-17/h1-6,9-11,25H,7-8,12H2,(H,21,23)(H,22,24)/t20-/m0/s1. The molecule has 2 aromatic heterocycles. The molecule has 2 amide bonds. The Morgan fingerprint density at radius 2 is 1.93 bits per heavy atom. The van der Waals surface area contributed by atoms with Crippen molar-refractivity contribution in [3.8, 4) is 11.5 Å². The molecule has 0 fully saturated rings. The van der Waals surface area contributed by atoms with E-state index < -0.39 is 17.4 Å². The zero-order valence-electron chi connectivity index (χ0n) is 15.2. The Balaban J connectivity index is 1.42. The van der Waals surface area contributed by atoms with Crippen molar-refractivity contribution < 1.29 is 28.6 Å². The highest BCUT2D eigenvalue weighted by Crippen LogP contribution is 2.33. The van der Waals surface area contributed by atoms with Gasteiger partial charge in [0.25, 0.3) is 0 Å². The summed E-state index contributed by atoms with van der Waals surface area (Å²) < 4.78 is 16.2. The van der Waals surface area contributed by atoms with Crippen molar-refractivity contribution in [1.82, 2.24) is 5.32 Å². The van der Waals surface area contributed by atoms with Gasteiger partial charge in [-0.1, -0.05) is 0 Å². The normalized spacial score (nSPS) is 14.7. The number of carbonyl (C=O) groups is 2. The number of thiophene rings is 1. The lowest BCUT2D eigenvalue weighted by molar-refractivity contribution is -0.136. The summed E-state index contributed by atoms with van der Waals surface area (Å²) in [5.41, 5.74) is -0.630. The van der Waals surface area contributed by atoms with Crippen LogP contribution in [0, 0.1) is 0 Å². The molecule has 4 rings (SSSR count). The van der Waals surface area contributed by atoms with Crippen molar-refractivity contribution in [2.75, 3.05) is 25.1 Å². The zero-order chi connectivity index (χ0) is 20.3. The van der Waals surface area contributed by atoms with Gasteiger partial charge in [-0.05, 0) is 41.1 Å².